The molecule has 0 aromatic carbocycles. The molecule has 5 nitrogen and oxygen atoms in total. The topological polar surface area (TPSA) is 55.3 Å². The van der Waals surface area contributed by atoms with E-state index in [1.165, 1.54) is 12.8 Å². The van der Waals surface area contributed by atoms with Crippen LogP contribution in [0.25, 0.3) is 0 Å². The molecule has 120 valence electrons. The van der Waals surface area contributed by atoms with Crippen molar-refractivity contribution in [3.05, 3.63) is 17.6 Å². The minimum Gasteiger partial charge on any atom is -0.472 e. The van der Waals surface area contributed by atoms with Crippen LogP contribution in [-0.2, 0) is 4.79 Å². The third-order valence-corrected chi connectivity index (χ3v) is 4.62. The predicted molar refractivity (Wildman–Crippen MR) is 83.7 cm³/mol. The molecule has 1 aromatic rings. The van der Waals surface area contributed by atoms with Crippen molar-refractivity contribution in [3.63, 3.8) is 0 Å². The van der Waals surface area contributed by atoms with Crippen molar-refractivity contribution in [1.82, 2.24) is 14.9 Å². The van der Waals surface area contributed by atoms with Crippen LogP contribution >= 0.6 is 0 Å². The first-order valence-corrected chi connectivity index (χ1v) is 8.39. The van der Waals surface area contributed by atoms with E-state index in [0.29, 0.717) is 18.3 Å². The molecule has 1 aliphatic carbocycles. The minimum absolute atomic E-state index is 0.0489. The van der Waals surface area contributed by atoms with Gasteiger partial charge in [0.1, 0.15) is 11.9 Å². The number of aryl methyl sites for hydroxylation is 2. The number of carbonyl (C=O) groups excluding carboxylic acids is 1. The normalized spacial score (nSPS) is 22.8. The lowest BCUT2D eigenvalue weighted by Gasteiger charge is -2.34. The highest BCUT2D eigenvalue weighted by Crippen LogP contribution is 2.28. The first-order chi connectivity index (χ1) is 10.6. The van der Waals surface area contributed by atoms with Crippen molar-refractivity contribution in [2.45, 2.75) is 58.5 Å². The highest BCUT2D eigenvalue weighted by atomic mass is 16.5. The summed E-state index contributed by atoms with van der Waals surface area (Å²) in [5.41, 5.74) is 0.914. The molecule has 0 spiro atoms. The second kappa shape index (κ2) is 6.63. The Morgan fingerprint density at radius 1 is 1.18 bits per heavy atom. The highest BCUT2D eigenvalue weighted by molar-refractivity contribution is 5.79. The summed E-state index contributed by atoms with van der Waals surface area (Å²) in [6.07, 6.45) is 6.56. The molecule has 1 saturated carbocycles. The fraction of sp³-hybridized carbons (Fsp3) is 0.706. The number of hydrogen-bond acceptors (Lipinski definition) is 4. The van der Waals surface area contributed by atoms with E-state index in [-0.39, 0.29) is 12.0 Å². The van der Waals surface area contributed by atoms with E-state index in [1.54, 1.807) is 0 Å². The Morgan fingerprint density at radius 3 is 2.68 bits per heavy atom. The van der Waals surface area contributed by atoms with Gasteiger partial charge in [0.25, 0.3) is 0 Å². The minimum atomic E-state index is 0.0489. The van der Waals surface area contributed by atoms with Gasteiger partial charge >= 0.3 is 0 Å². The Hall–Kier alpha value is -1.65. The number of piperidine rings is 1. The highest BCUT2D eigenvalue weighted by Gasteiger charge is 2.31. The molecule has 1 saturated heterocycles. The number of rotatable bonds is 3. The molecular formula is C17H25N3O2. The van der Waals surface area contributed by atoms with E-state index in [1.807, 2.05) is 24.8 Å². The molecule has 5 heteroatoms. The number of carbonyl (C=O) groups is 1. The van der Waals surface area contributed by atoms with Gasteiger partial charge in [-0.2, -0.15) is 4.98 Å². The number of likely N-dealkylation sites (tertiary alicyclic amines) is 1. The Balaban J connectivity index is 1.61. The second-order valence-corrected chi connectivity index (χ2v) is 6.54. The Labute approximate surface area is 132 Å². The standard InChI is InChI=1S/C17H25N3O2/c1-12-10-16(19-13(2)18-12)22-15-8-5-9-20(11-15)17(21)14-6-3-4-7-14/h10,14-15H,3-9,11H2,1-2H3. The van der Waals surface area contributed by atoms with Crippen molar-refractivity contribution in [2.24, 2.45) is 5.92 Å². The summed E-state index contributed by atoms with van der Waals surface area (Å²) < 4.78 is 6.02. The summed E-state index contributed by atoms with van der Waals surface area (Å²) in [7, 11) is 0. The number of aromatic nitrogens is 2. The van der Waals surface area contributed by atoms with Crippen molar-refractivity contribution in [3.8, 4) is 5.88 Å². The Kier molecular flexibility index (Phi) is 4.60. The summed E-state index contributed by atoms with van der Waals surface area (Å²) in [6, 6.07) is 1.87. The Bertz CT molecular complexity index is 520. The molecule has 1 atom stereocenters. The van der Waals surface area contributed by atoms with Gasteiger partial charge in [-0.15, -0.1) is 0 Å². The maximum absolute atomic E-state index is 12.6. The van der Waals surface area contributed by atoms with Crippen LogP contribution < -0.4 is 4.74 Å². The van der Waals surface area contributed by atoms with Crippen LogP contribution in [0.15, 0.2) is 6.07 Å². The van der Waals surface area contributed by atoms with Crippen LogP contribution in [-0.4, -0.2) is 40.0 Å². The van der Waals surface area contributed by atoms with Crippen LogP contribution in [0.4, 0.5) is 0 Å². The zero-order valence-electron chi connectivity index (χ0n) is 13.5. The van der Waals surface area contributed by atoms with Crippen LogP contribution in [0.5, 0.6) is 5.88 Å². The first-order valence-electron chi connectivity index (χ1n) is 8.39. The van der Waals surface area contributed by atoms with E-state index in [2.05, 4.69) is 9.97 Å². The van der Waals surface area contributed by atoms with Gasteiger partial charge in [-0.25, -0.2) is 4.98 Å². The summed E-state index contributed by atoms with van der Waals surface area (Å²) in [5, 5.41) is 0. The first kappa shape index (κ1) is 15.3. The van der Waals surface area contributed by atoms with Crippen molar-refractivity contribution in [1.29, 1.82) is 0 Å². The molecule has 0 radical (unpaired) electrons. The fourth-order valence-corrected chi connectivity index (χ4v) is 3.58. The van der Waals surface area contributed by atoms with Crippen LogP contribution in [0.1, 0.15) is 50.0 Å². The lowest BCUT2D eigenvalue weighted by molar-refractivity contribution is -0.138. The van der Waals surface area contributed by atoms with Gasteiger partial charge in [0.05, 0.1) is 6.54 Å². The van der Waals surface area contributed by atoms with Crippen LogP contribution in [0, 0.1) is 19.8 Å². The monoisotopic (exact) mass is 303 g/mol. The summed E-state index contributed by atoms with van der Waals surface area (Å²) in [6.45, 7) is 5.38. The van der Waals surface area contributed by atoms with E-state index in [4.69, 9.17) is 4.74 Å². The second-order valence-electron chi connectivity index (χ2n) is 6.54. The molecular weight excluding hydrogens is 278 g/mol. The zero-order valence-corrected chi connectivity index (χ0v) is 13.5. The molecule has 2 fully saturated rings. The molecule has 22 heavy (non-hydrogen) atoms. The van der Waals surface area contributed by atoms with Gasteiger partial charge in [0, 0.05) is 24.2 Å². The molecule has 1 amide bonds. The van der Waals surface area contributed by atoms with E-state index < -0.39 is 0 Å². The fourth-order valence-electron chi connectivity index (χ4n) is 3.58. The van der Waals surface area contributed by atoms with Gasteiger partial charge in [-0.1, -0.05) is 12.8 Å². The largest absolute Gasteiger partial charge is 0.472 e. The van der Waals surface area contributed by atoms with E-state index >= 15 is 0 Å². The third kappa shape index (κ3) is 3.57. The summed E-state index contributed by atoms with van der Waals surface area (Å²) in [5.74, 6) is 1.94. The molecule has 2 heterocycles. The molecule has 2 aliphatic rings. The Morgan fingerprint density at radius 2 is 1.95 bits per heavy atom. The molecule has 1 unspecified atom stereocenters. The lowest BCUT2D eigenvalue weighted by atomic mass is 10.0. The maximum atomic E-state index is 12.6. The van der Waals surface area contributed by atoms with Crippen molar-refractivity contribution < 1.29 is 9.53 Å². The van der Waals surface area contributed by atoms with Crippen LogP contribution in [0.3, 0.4) is 0 Å². The van der Waals surface area contributed by atoms with E-state index in [9.17, 15) is 4.79 Å². The average Bonchev–Trinajstić information content (AvgIpc) is 3.00. The van der Waals surface area contributed by atoms with Gasteiger partial charge in [-0.05, 0) is 39.5 Å². The maximum Gasteiger partial charge on any atom is 0.225 e. The number of nitrogens with zero attached hydrogens (tertiary/aromatic N) is 3. The number of hydrogen-bond donors (Lipinski definition) is 0. The molecule has 1 aliphatic heterocycles. The lowest BCUT2D eigenvalue weighted by Crippen LogP contribution is -2.46. The third-order valence-electron chi connectivity index (χ3n) is 4.62. The smallest absolute Gasteiger partial charge is 0.225 e. The SMILES string of the molecule is Cc1cc(OC2CCCN(C(=O)C3CCCC3)C2)nc(C)n1. The van der Waals surface area contributed by atoms with Crippen molar-refractivity contribution in [2.75, 3.05) is 13.1 Å². The molecule has 1 aromatic heterocycles. The average molecular weight is 303 g/mol. The summed E-state index contributed by atoms with van der Waals surface area (Å²) in [4.78, 5) is 23.2. The number of amides is 1. The molecule has 0 N–H and O–H groups in total. The van der Waals surface area contributed by atoms with Gasteiger partial charge < -0.3 is 9.64 Å². The van der Waals surface area contributed by atoms with E-state index in [0.717, 1.165) is 43.7 Å². The van der Waals surface area contributed by atoms with Gasteiger partial charge in [0.15, 0.2) is 0 Å². The molecule has 3 rings (SSSR count). The van der Waals surface area contributed by atoms with Crippen LogP contribution in [0.2, 0.25) is 0 Å². The summed E-state index contributed by atoms with van der Waals surface area (Å²) >= 11 is 0. The zero-order chi connectivity index (χ0) is 15.5. The predicted octanol–water partition coefficient (Wildman–Crippen LogP) is 2.65. The number of ether oxygens (including phenoxy) is 1. The van der Waals surface area contributed by atoms with Gasteiger partial charge in [0.2, 0.25) is 11.8 Å². The molecule has 0 bridgehead atoms. The quantitative estimate of drug-likeness (QED) is 0.861. The van der Waals surface area contributed by atoms with Gasteiger partial charge in [-0.3, -0.25) is 4.79 Å². The van der Waals surface area contributed by atoms with Crippen molar-refractivity contribution >= 4 is 5.91 Å².